The van der Waals surface area contributed by atoms with Crippen LogP contribution in [0, 0.1) is 0 Å². The van der Waals surface area contributed by atoms with E-state index >= 15 is 0 Å². The number of aliphatic imine (C=N–C) groups is 1. The van der Waals surface area contributed by atoms with Gasteiger partial charge in [-0.3, -0.25) is 13.9 Å². The van der Waals surface area contributed by atoms with Crippen LogP contribution in [0.3, 0.4) is 0 Å². The molecule has 4 N–H and O–H groups in total. The van der Waals surface area contributed by atoms with E-state index in [1.54, 1.807) is 47.2 Å². The molecule has 4 aromatic rings. The predicted octanol–water partition coefficient (Wildman–Crippen LogP) is 6.71. The Kier molecular flexibility index (Phi) is 14.8. The van der Waals surface area contributed by atoms with Crippen LogP contribution in [0.1, 0.15) is 81.3 Å². The summed E-state index contributed by atoms with van der Waals surface area (Å²) in [4.78, 5) is 43.6. The first-order valence-corrected chi connectivity index (χ1v) is 24.2. The summed E-state index contributed by atoms with van der Waals surface area (Å²) in [6.07, 6.45) is 16.5. The second-order valence-electron chi connectivity index (χ2n) is 16.9. The van der Waals surface area contributed by atoms with E-state index in [4.69, 9.17) is 14.7 Å². The molecular formula is C47H54N5O12S2+. The Morgan fingerprint density at radius 2 is 1.50 bits per heavy atom. The van der Waals surface area contributed by atoms with Gasteiger partial charge in [0.25, 0.3) is 26.1 Å². The third kappa shape index (κ3) is 11.5. The van der Waals surface area contributed by atoms with E-state index in [-0.39, 0.29) is 24.3 Å². The Morgan fingerprint density at radius 3 is 2.18 bits per heavy atom. The molecule has 0 aliphatic carbocycles. The van der Waals surface area contributed by atoms with Gasteiger partial charge < -0.3 is 24.8 Å². The highest BCUT2D eigenvalue weighted by atomic mass is 32.2. The van der Waals surface area contributed by atoms with Crippen LogP contribution in [-0.4, -0.2) is 82.9 Å². The quantitative estimate of drug-likeness (QED) is 0.0252. The predicted molar refractivity (Wildman–Crippen MR) is 247 cm³/mol. The highest BCUT2D eigenvalue weighted by Gasteiger charge is 2.43. The first kappa shape index (κ1) is 48.9. The lowest BCUT2D eigenvalue weighted by atomic mass is 9.81. The molecule has 0 radical (unpaired) electrons. The molecule has 0 saturated heterocycles. The molecule has 6 rings (SSSR count). The highest BCUT2D eigenvalue weighted by molar-refractivity contribution is 7.86. The number of nitrogens with zero attached hydrogens (tertiary/aromatic N) is 5. The topological polar surface area (TPSA) is 229 Å². The van der Waals surface area contributed by atoms with Crippen LogP contribution < -0.4 is 19.1 Å². The molecule has 1 amide bonds. The number of amides is 1. The Hall–Kier alpha value is -6.54. The molecule has 19 heteroatoms. The number of benzene rings is 2. The summed E-state index contributed by atoms with van der Waals surface area (Å²) in [6.45, 7) is 8.58. The van der Waals surface area contributed by atoms with Gasteiger partial charge in [0.05, 0.1) is 33.7 Å². The van der Waals surface area contributed by atoms with Crippen molar-refractivity contribution in [3.05, 3.63) is 138 Å². The number of allylic oxidation sites excluding steroid dienone is 8. The molecular weight excluding hydrogens is 891 g/mol. The molecule has 17 nitrogen and oxygen atoms in total. The monoisotopic (exact) mass is 944 g/mol. The summed E-state index contributed by atoms with van der Waals surface area (Å²) in [5, 5.41) is 20.6. The standard InChI is InChI=1S/C47H53N5O12S2/c1-46(2)37-30-33(45(56)49(5)63-34-18-11-9-12-19-34)32-50(27-17-29-65(57,58)59)44(37)48-39(46)20-13-7-6-8-14-21-40-47(3,4)36-31-35(66(60,61)62)23-24-38(36)51(40)28-16-10-15-22-43(55)64-52-41(53)25-26-42(52)54/h6-9,11-14,18-21,23-26,30-32H,10,15-17,22,27-29H2,1-5H3,(H3-,53,54,57,58,59,60,61,62)/p+1. The van der Waals surface area contributed by atoms with Gasteiger partial charge in [-0.05, 0) is 85.8 Å². The molecule has 2 aliphatic rings. The van der Waals surface area contributed by atoms with Crippen molar-refractivity contribution >= 4 is 49.3 Å². The number of hydrogen-bond acceptors (Lipinski definition) is 12. The second kappa shape index (κ2) is 19.9. The van der Waals surface area contributed by atoms with Crippen LogP contribution in [0.2, 0.25) is 0 Å². The number of aromatic hydroxyl groups is 2. The molecule has 350 valence electrons. The number of hydroxylamine groups is 2. The van der Waals surface area contributed by atoms with Crippen LogP contribution in [0.25, 0.3) is 0 Å². The van der Waals surface area contributed by atoms with Crippen LogP contribution in [-0.2, 0) is 42.4 Å². The fraction of sp³-hybridized carbons (Fsp3) is 0.319. The number of carbonyl (C=O) groups is 2. The van der Waals surface area contributed by atoms with E-state index in [2.05, 4.69) is 4.90 Å². The fourth-order valence-electron chi connectivity index (χ4n) is 7.83. The van der Waals surface area contributed by atoms with Gasteiger partial charge in [0.15, 0.2) is 11.5 Å². The Morgan fingerprint density at radius 1 is 0.818 bits per heavy atom. The van der Waals surface area contributed by atoms with Crippen LogP contribution >= 0.6 is 0 Å². The van der Waals surface area contributed by atoms with Crippen molar-refractivity contribution in [3.8, 4) is 17.5 Å². The van der Waals surface area contributed by atoms with Gasteiger partial charge in [-0.25, -0.2) is 9.36 Å². The van der Waals surface area contributed by atoms with Gasteiger partial charge in [-0.2, -0.15) is 21.9 Å². The summed E-state index contributed by atoms with van der Waals surface area (Å²) in [7, 11) is -7.17. The number of hydrogen-bond donors (Lipinski definition) is 4. The van der Waals surface area contributed by atoms with Crippen molar-refractivity contribution in [2.24, 2.45) is 4.99 Å². The Bertz CT molecular complexity index is 2840. The number of anilines is 1. The summed E-state index contributed by atoms with van der Waals surface area (Å²) in [5.41, 5.74) is 2.79. The molecule has 0 atom stereocenters. The number of unbranched alkanes of at least 4 members (excludes halogenated alkanes) is 2. The van der Waals surface area contributed by atoms with Crippen molar-refractivity contribution in [2.45, 2.75) is 82.1 Å². The van der Waals surface area contributed by atoms with Gasteiger partial charge >= 0.3 is 11.8 Å². The van der Waals surface area contributed by atoms with Gasteiger partial charge in [0.2, 0.25) is 11.8 Å². The first-order chi connectivity index (χ1) is 31.1. The lowest BCUT2D eigenvalue weighted by Gasteiger charge is -2.27. The minimum atomic E-state index is -4.46. The van der Waals surface area contributed by atoms with Crippen LogP contribution in [0.5, 0.6) is 17.5 Å². The molecule has 0 bridgehead atoms. The summed E-state index contributed by atoms with van der Waals surface area (Å²) in [5.74, 6) is -1.30. The zero-order chi connectivity index (χ0) is 48.0. The molecule has 2 aliphatic heterocycles. The van der Waals surface area contributed by atoms with E-state index in [0.29, 0.717) is 53.4 Å². The van der Waals surface area contributed by atoms with E-state index < -0.39 is 60.5 Å². The largest absolute Gasteiger partial charge is 0.492 e. The third-order valence-corrected chi connectivity index (χ3v) is 13.0. The van der Waals surface area contributed by atoms with Crippen LogP contribution in [0.15, 0.2) is 131 Å². The van der Waals surface area contributed by atoms with E-state index in [0.717, 1.165) is 27.6 Å². The maximum Gasteiger partial charge on any atom is 0.333 e. The van der Waals surface area contributed by atoms with Crippen molar-refractivity contribution in [2.75, 3.05) is 24.2 Å². The number of pyridine rings is 1. The van der Waals surface area contributed by atoms with Gasteiger partial charge in [-0.15, -0.1) is 4.73 Å². The van der Waals surface area contributed by atoms with Crippen LogP contribution in [0.4, 0.5) is 11.5 Å². The zero-order valence-corrected chi connectivity index (χ0v) is 38.9. The Labute approximate surface area is 384 Å². The lowest BCUT2D eigenvalue weighted by Crippen LogP contribution is -2.39. The van der Waals surface area contributed by atoms with Crippen molar-refractivity contribution in [1.29, 1.82) is 0 Å². The van der Waals surface area contributed by atoms with Crippen molar-refractivity contribution in [3.63, 3.8) is 0 Å². The molecule has 0 spiro atoms. The number of aryl methyl sites for hydroxylation is 1. The molecule has 0 saturated carbocycles. The number of aromatic nitrogens is 2. The minimum absolute atomic E-state index is 0.0473. The summed E-state index contributed by atoms with van der Waals surface area (Å²) < 4.78 is 68.9. The van der Waals surface area contributed by atoms with E-state index in [1.165, 1.54) is 31.3 Å². The Balaban J connectivity index is 1.16. The molecule has 0 fully saturated rings. The number of carbonyl (C=O) groups excluding carboxylic acids is 2. The van der Waals surface area contributed by atoms with Gasteiger partial charge in [-0.1, -0.05) is 68.8 Å². The fourth-order valence-corrected chi connectivity index (χ4v) is 8.83. The number of para-hydroxylation sites is 1. The van der Waals surface area contributed by atoms with Gasteiger partial charge in [0.1, 0.15) is 6.20 Å². The minimum Gasteiger partial charge on any atom is -0.492 e. The molecule has 0 unspecified atom stereocenters. The molecule has 2 aromatic carbocycles. The lowest BCUT2D eigenvalue weighted by molar-refractivity contribution is -0.684. The molecule has 66 heavy (non-hydrogen) atoms. The molecule has 4 heterocycles. The maximum absolute atomic E-state index is 13.6. The smallest absolute Gasteiger partial charge is 0.333 e. The van der Waals surface area contributed by atoms with E-state index in [1.807, 2.05) is 76.3 Å². The maximum atomic E-state index is 13.6. The summed E-state index contributed by atoms with van der Waals surface area (Å²) >= 11 is 0. The normalized spacial score (nSPS) is 16.0. The second-order valence-corrected chi connectivity index (χ2v) is 19.9. The summed E-state index contributed by atoms with van der Waals surface area (Å²) in [6, 6.07) is 17.5. The van der Waals surface area contributed by atoms with Crippen molar-refractivity contribution < 1.29 is 60.0 Å². The highest BCUT2D eigenvalue weighted by Crippen LogP contribution is 2.48. The SMILES string of the molecule is CN(Oc1ccccc1)C(=O)c1cc2c([n+](CCCS(=O)(=O)O)c1)N=C(C=CC=CC=CC=C1N(CCCCCC(=O)On3c(O)ccc3O)c3ccc(S(=O)(=O)O)cc3C1(C)C)C2(C)C. The zero-order valence-electron chi connectivity index (χ0n) is 37.2. The average molecular weight is 945 g/mol. The molecule has 2 aromatic heterocycles. The first-order valence-electron chi connectivity index (χ1n) is 21.1. The average Bonchev–Trinajstić information content (AvgIpc) is 3.78. The number of rotatable bonds is 19. The van der Waals surface area contributed by atoms with Crippen molar-refractivity contribution in [1.82, 2.24) is 9.79 Å². The number of fused-ring (bicyclic) bond motifs is 2. The van der Waals surface area contributed by atoms with Gasteiger partial charge in [0, 0.05) is 55.4 Å². The van der Waals surface area contributed by atoms with E-state index in [9.17, 15) is 45.7 Å². The third-order valence-electron chi connectivity index (χ3n) is 11.3.